The lowest BCUT2D eigenvalue weighted by atomic mass is 10.2. The van der Waals surface area contributed by atoms with Gasteiger partial charge in [-0.15, -0.1) is 0 Å². The monoisotopic (exact) mass is 150 g/mol. The quantitative estimate of drug-likeness (QED) is 0.551. The number of aromatic nitrogens is 1. The number of nitrogens with zero attached hydrogens (tertiary/aromatic N) is 2. The van der Waals surface area contributed by atoms with E-state index in [0.717, 1.165) is 24.4 Å². The molecule has 58 valence electrons. The van der Waals surface area contributed by atoms with Crippen molar-refractivity contribution in [3.8, 4) is 0 Å². The third-order valence-electron chi connectivity index (χ3n) is 1.83. The predicted molar refractivity (Wildman–Crippen MR) is 42.3 cm³/mol. The van der Waals surface area contributed by atoms with E-state index in [0.29, 0.717) is 0 Å². The Morgan fingerprint density at radius 3 is 3.36 bits per heavy atom. The van der Waals surface area contributed by atoms with E-state index in [9.17, 15) is 0 Å². The van der Waals surface area contributed by atoms with Crippen LogP contribution < -0.4 is 5.06 Å². The Balaban J connectivity index is 2.44. The van der Waals surface area contributed by atoms with E-state index in [4.69, 9.17) is 4.84 Å². The lowest BCUT2D eigenvalue weighted by Gasteiger charge is -2.25. The second-order valence-corrected chi connectivity index (χ2v) is 2.55. The molecule has 0 saturated carbocycles. The van der Waals surface area contributed by atoms with Crippen molar-refractivity contribution < 1.29 is 4.84 Å². The van der Waals surface area contributed by atoms with Crippen LogP contribution in [0.25, 0.3) is 0 Å². The highest BCUT2D eigenvalue weighted by atomic mass is 16.7. The van der Waals surface area contributed by atoms with E-state index < -0.39 is 0 Å². The van der Waals surface area contributed by atoms with E-state index >= 15 is 0 Å². The zero-order chi connectivity index (χ0) is 7.68. The van der Waals surface area contributed by atoms with Crippen molar-refractivity contribution in [3.63, 3.8) is 0 Å². The fourth-order valence-electron chi connectivity index (χ4n) is 1.26. The second-order valence-electron chi connectivity index (χ2n) is 2.55. The SMILES string of the molecule is CN1OCCc2ncccc21. The largest absolute Gasteiger partial charge is 0.273 e. The lowest BCUT2D eigenvalue weighted by Crippen LogP contribution is -2.26. The molecule has 0 bridgehead atoms. The van der Waals surface area contributed by atoms with Crippen molar-refractivity contribution >= 4 is 5.69 Å². The van der Waals surface area contributed by atoms with Crippen LogP contribution in [-0.4, -0.2) is 18.6 Å². The van der Waals surface area contributed by atoms with Crippen LogP contribution in [0.15, 0.2) is 18.3 Å². The molecule has 3 heteroatoms. The Bertz CT molecular complexity index is 262. The second kappa shape index (κ2) is 2.51. The molecule has 2 heterocycles. The zero-order valence-corrected chi connectivity index (χ0v) is 6.45. The van der Waals surface area contributed by atoms with Crippen molar-refractivity contribution in [2.75, 3.05) is 18.7 Å². The van der Waals surface area contributed by atoms with Crippen LogP contribution >= 0.6 is 0 Å². The summed E-state index contributed by atoms with van der Waals surface area (Å²) in [5, 5.41) is 1.77. The Labute approximate surface area is 65.6 Å². The molecule has 0 fully saturated rings. The Morgan fingerprint density at radius 2 is 2.55 bits per heavy atom. The summed E-state index contributed by atoms with van der Waals surface area (Å²) in [6, 6.07) is 3.94. The molecule has 1 aliphatic heterocycles. The van der Waals surface area contributed by atoms with Crippen LogP contribution in [0.4, 0.5) is 5.69 Å². The van der Waals surface area contributed by atoms with Gasteiger partial charge in [-0.3, -0.25) is 14.9 Å². The van der Waals surface area contributed by atoms with Gasteiger partial charge in [-0.05, 0) is 12.1 Å². The van der Waals surface area contributed by atoms with Gasteiger partial charge in [-0.25, -0.2) is 0 Å². The first-order valence-electron chi connectivity index (χ1n) is 3.68. The van der Waals surface area contributed by atoms with Crippen molar-refractivity contribution in [2.45, 2.75) is 6.42 Å². The summed E-state index contributed by atoms with van der Waals surface area (Å²) in [7, 11) is 1.90. The number of anilines is 1. The number of hydrogen-bond donors (Lipinski definition) is 0. The topological polar surface area (TPSA) is 25.4 Å². The van der Waals surface area contributed by atoms with Gasteiger partial charge in [-0.2, -0.15) is 0 Å². The molecule has 11 heavy (non-hydrogen) atoms. The number of pyridine rings is 1. The Hall–Kier alpha value is -1.09. The van der Waals surface area contributed by atoms with E-state index in [-0.39, 0.29) is 0 Å². The third kappa shape index (κ3) is 1.07. The smallest absolute Gasteiger partial charge is 0.0849 e. The summed E-state index contributed by atoms with van der Waals surface area (Å²) >= 11 is 0. The van der Waals surface area contributed by atoms with Gasteiger partial charge in [0.05, 0.1) is 18.0 Å². The Morgan fingerprint density at radius 1 is 1.64 bits per heavy atom. The molecule has 3 nitrogen and oxygen atoms in total. The fraction of sp³-hybridized carbons (Fsp3) is 0.375. The van der Waals surface area contributed by atoms with Gasteiger partial charge in [0, 0.05) is 19.7 Å². The summed E-state index contributed by atoms with van der Waals surface area (Å²) in [6.07, 6.45) is 2.73. The molecule has 0 spiro atoms. The van der Waals surface area contributed by atoms with Crippen molar-refractivity contribution in [3.05, 3.63) is 24.0 Å². The highest BCUT2D eigenvalue weighted by Crippen LogP contribution is 2.21. The van der Waals surface area contributed by atoms with Crippen LogP contribution in [-0.2, 0) is 11.3 Å². The summed E-state index contributed by atoms with van der Waals surface area (Å²) in [5.41, 5.74) is 2.21. The van der Waals surface area contributed by atoms with Gasteiger partial charge < -0.3 is 0 Å². The summed E-state index contributed by atoms with van der Waals surface area (Å²) in [4.78, 5) is 9.55. The van der Waals surface area contributed by atoms with Crippen LogP contribution in [0, 0.1) is 0 Å². The molecule has 0 aliphatic carbocycles. The molecular formula is C8H10N2O. The number of rotatable bonds is 0. The lowest BCUT2D eigenvalue weighted by molar-refractivity contribution is 0.113. The van der Waals surface area contributed by atoms with E-state index in [2.05, 4.69) is 4.98 Å². The van der Waals surface area contributed by atoms with E-state index in [1.165, 1.54) is 0 Å². The Kier molecular flexibility index (Phi) is 1.51. The highest BCUT2D eigenvalue weighted by Gasteiger charge is 2.13. The maximum absolute atomic E-state index is 5.30. The maximum atomic E-state index is 5.30. The molecule has 0 amide bonds. The molecule has 2 rings (SSSR count). The van der Waals surface area contributed by atoms with Crippen molar-refractivity contribution in [2.24, 2.45) is 0 Å². The minimum absolute atomic E-state index is 0.737. The number of hydroxylamine groups is 1. The molecule has 0 N–H and O–H groups in total. The van der Waals surface area contributed by atoms with Gasteiger partial charge >= 0.3 is 0 Å². The standard InChI is InChI=1S/C8H10N2O/c1-10-8-3-2-5-9-7(8)4-6-11-10/h2-3,5H,4,6H2,1H3. The van der Waals surface area contributed by atoms with Gasteiger partial charge in [0.15, 0.2) is 0 Å². The molecule has 0 unspecified atom stereocenters. The van der Waals surface area contributed by atoms with Gasteiger partial charge in [0.1, 0.15) is 0 Å². The van der Waals surface area contributed by atoms with Crippen LogP contribution in [0.5, 0.6) is 0 Å². The zero-order valence-electron chi connectivity index (χ0n) is 6.45. The molecular weight excluding hydrogens is 140 g/mol. The molecule has 0 aromatic carbocycles. The minimum atomic E-state index is 0.737. The van der Waals surface area contributed by atoms with E-state index in [1.54, 1.807) is 5.06 Å². The summed E-state index contributed by atoms with van der Waals surface area (Å²) in [5.74, 6) is 0. The molecule has 0 radical (unpaired) electrons. The molecule has 1 aromatic heterocycles. The van der Waals surface area contributed by atoms with Crippen LogP contribution in [0.3, 0.4) is 0 Å². The minimum Gasteiger partial charge on any atom is -0.273 e. The molecule has 1 aliphatic rings. The predicted octanol–water partition coefficient (Wildman–Crippen LogP) is 1.01. The van der Waals surface area contributed by atoms with Crippen molar-refractivity contribution in [1.82, 2.24) is 4.98 Å². The average molecular weight is 150 g/mol. The first-order chi connectivity index (χ1) is 5.38. The third-order valence-corrected chi connectivity index (χ3v) is 1.83. The van der Waals surface area contributed by atoms with Crippen molar-refractivity contribution in [1.29, 1.82) is 0 Å². The molecule has 0 saturated heterocycles. The molecule has 1 aromatic rings. The normalized spacial score (nSPS) is 16.3. The number of fused-ring (bicyclic) bond motifs is 1. The summed E-state index contributed by atoms with van der Waals surface area (Å²) in [6.45, 7) is 0.737. The molecule has 0 atom stereocenters. The summed E-state index contributed by atoms with van der Waals surface area (Å²) < 4.78 is 0. The fourth-order valence-corrected chi connectivity index (χ4v) is 1.26. The average Bonchev–Trinajstić information content (AvgIpc) is 2.06. The van der Waals surface area contributed by atoms with E-state index in [1.807, 2.05) is 25.4 Å². The van der Waals surface area contributed by atoms with Gasteiger partial charge in [0.2, 0.25) is 0 Å². The van der Waals surface area contributed by atoms with Gasteiger partial charge in [0.25, 0.3) is 0 Å². The first kappa shape index (κ1) is 6.61. The highest BCUT2D eigenvalue weighted by molar-refractivity contribution is 5.48. The van der Waals surface area contributed by atoms with Crippen LogP contribution in [0.2, 0.25) is 0 Å². The maximum Gasteiger partial charge on any atom is 0.0849 e. The number of hydrogen-bond acceptors (Lipinski definition) is 3. The van der Waals surface area contributed by atoms with Crippen LogP contribution in [0.1, 0.15) is 5.69 Å². The van der Waals surface area contributed by atoms with Gasteiger partial charge in [-0.1, -0.05) is 0 Å². The first-order valence-corrected chi connectivity index (χ1v) is 3.68.